The second-order valence-electron chi connectivity index (χ2n) is 4.19. The van der Waals surface area contributed by atoms with Crippen LogP contribution in [0.25, 0.3) is 0 Å². The van der Waals surface area contributed by atoms with Crippen molar-refractivity contribution in [3.63, 3.8) is 0 Å². The van der Waals surface area contributed by atoms with Crippen LogP contribution in [0.3, 0.4) is 0 Å². The van der Waals surface area contributed by atoms with Crippen molar-refractivity contribution in [2.75, 3.05) is 20.7 Å². The lowest BCUT2D eigenvalue weighted by atomic mass is 9.90. The number of hydrogen-bond acceptors (Lipinski definition) is 4. The maximum atomic E-state index is 11.3. The van der Waals surface area contributed by atoms with Gasteiger partial charge in [-0.05, 0) is 20.9 Å². The molecule has 0 bridgehead atoms. The first-order valence-corrected chi connectivity index (χ1v) is 4.46. The molecule has 1 heterocycles. The highest BCUT2D eigenvalue weighted by Gasteiger charge is 2.47. The fourth-order valence-electron chi connectivity index (χ4n) is 1.76. The van der Waals surface area contributed by atoms with Gasteiger partial charge in [0.05, 0.1) is 13.0 Å². The first kappa shape index (κ1) is 10.5. The van der Waals surface area contributed by atoms with E-state index in [-0.39, 0.29) is 23.5 Å². The molecule has 1 aliphatic heterocycles. The topological polar surface area (TPSA) is 55.6 Å². The number of likely N-dealkylation sites (N-methyl/N-ethyl adjacent to an activating group) is 1. The fourth-order valence-corrected chi connectivity index (χ4v) is 1.76. The van der Waals surface area contributed by atoms with Crippen molar-refractivity contribution in [1.82, 2.24) is 4.90 Å². The Morgan fingerprint density at radius 1 is 1.62 bits per heavy atom. The van der Waals surface area contributed by atoms with E-state index in [0.717, 1.165) is 0 Å². The van der Waals surface area contributed by atoms with E-state index in [2.05, 4.69) is 4.90 Å². The third-order valence-corrected chi connectivity index (χ3v) is 3.21. The Morgan fingerprint density at radius 3 is 2.46 bits per heavy atom. The minimum absolute atomic E-state index is 0.126. The molecule has 1 saturated heterocycles. The lowest BCUT2D eigenvalue weighted by Crippen LogP contribution is -2.49. The molecule has 0 spiro atoms. The Morgan fingerprint density at radius 2 is 2.15 bits per heavy atom. The van der Waals surface area contributed by atoms with E-state index < -0.39 is 0 Å². The van der Waals surface area contributed by atoms with Gasteiger partial charge in [-0.25, -0.2) is 0 Å². The van der Waals surface area contributed by atoms with Gasteiger partial charge < -0.3 is 10.5 Å². The van der Waals surface area contributed by atoms with Crippen LogP contribution >= 0.6 is 0 Å². The van der Waals surface area contributed by atoms with Crippen molar-refractivity contribution in [3.05, 3.63) is 0 Å². The summed E-state index contributed by atoms with van der Waals surface area (Å²) >= 11 is 0. The number of carbonyl (C=O) groups excluding carboxylic acids is 1. The van der Waals surface area contributed by atoms with Crippen LogP contribution in [0.15, 0.2) is 0 Å². The molecule has 0 aliphatic carbocycles. The summed E-state index contributed by atoms with van der Waals surface area (Å²) in [5, 5.41) is 0. The molecule has 0 aromatic carbocycles. The smallest absolute Gasteiger partial charge is 0.311 e. The Balaban J connectivity index is 2.79. The molecule has 4 nitrogen and oxygen atoms in total. The van der Waals surface area contributed by atoms with Crippen molar-refractivity contribution in [1.29, 1.82) is 0 Å². The van der Waals surface area contributed by atoms with Gasteiger partial charge >= 0.3 is 5.97 Å². The van der Waals surface area contributed by atoms with Gasteiger partial charge in [0.15, 0.2) is 0 Å². The van der Waals surface area contributed by atoms with Crippen LogP contribution in [0.1, 0.15) is 13.8 Å². The molecule has 76 valence electrons. The van der Waals surface area contributed by atoms with Crippen molar-refractivity contribution in [2.24, 2.45) is 11.7 Å². The molecule has 13 heavy (non-hydrogen) atoms. The third kappa shape index (κ3) is 1.56. The second-order valence-corrected chi connectivity index (χ2v) is 4.19. The molecule has 2 unspecified atom stereocenters. The predicted octanol–water partition coefficient (Wildman–Crippen LogP) is -0.173. The molecule has 1 fully saturated rings. The zero-order valence-electron chi connectivity index (χ0n) is 8.70. The van der Waals surface area contributed by atoms with E-state index in [0.29, 0.717) is 6.54 Å². The zero-order chi connectivity index (χ0) is 10.2. The number of carbonyl (C=O) groups is 1. The summed E-state index contributed by atoms with van der Waals surface area (Å²) in [5.41, 5.74) is 5.86. The van der Waals surface area contributed by atoms with Crippen molar-refractivity contribution < 1.29 is 9.53 Å². The van der Waals surface area contributed by atoms with Crippen LogP contribution in [0.4, 0.5) is 0 Å². The second kappa shape index (κ2) is 3.27. The molecule has 2 N–H and O–H groups in total. The Kier molecular flexibility index (Phi) is 2.63. The molecular weight excluding hydrogens is 168 g/mol. The molecule has 0 saturated carbocycles. The van der Waals surface area contributed by atoms with E-state index >= 15 is 0 Å². The number of nitrogens with two attached hydrogens (primary N) is 1. The van der Waals surface area contributed by atoms with Gasteiger partial charge in [-0.1, -0.05) is 0 Å². The fraction of sp³-hybridized carbons (Fsp3) is 0.889. The summed E-state index contributed by atoms with van der Waals surface area (Å²) in [6.07, 6.45) is 0. The average Bonchev–Trinajstić information content (AvgIpc) is 2.28. The Bertz CT molecular complexity index is 216. The van der Waals surface area contributed by atoms with Gasteiger partial charge in [0, 0.05) is 18.1 Å². The summed E-state index contributed by atoms with van der Waals surface area (Å²) in [6.45, 7) is 4.77. The normalized spacial score (nSPS) is 33.3. The van der Waals surface area contributed by atoms with E-state index in [1.54, 1.807) is 0 Å². The van der Waals surface area contributed by atoms with Crippen molar-refractivity contribution in [3.8, 4) is 0 Å². The SMILES string of the molecule is COC(=O)C1CN(C)C(C)(C)C1N. The van der Waals surface area contributed by atoms with Crippen molar-refractivity contribution >= 4 is 5.97 Å². The average molecular weight is 186 g/mol. The monoisotopic (exact) mass is 186 g/mol. The molecule has 0 aromatic rings. The zero-order valence-corrected chi connectivity index (χ0v) is 8.70. The highest BCUT2D eigenvalue weighted by Crippen LogP contribution is 2.30. The molecule has 1 aliphatic rings. The summed E-state index contributed by atoms with van der Waals surface area (Å²) in [6, 6.07) is -0.148. The number of nitrogens with zero attached hydrogens (tertiary/aromatic N) is 1. The Labute approximate surface area is 79.0 Å². The number of rotatable bonds is 1. The predicted molar refractivity (Wildman–Crippen MR) is 50.2 cm³/mol. The lowest BCUT2D eigenvalue weighted by molar-refractivity contribution is -0.145. The molecule has 4 heteroatoms. The highest BCUT2D eigenvalue weighted by atomic mass is 16.5. The van der Waals surface area contributed by atoms with Gasteiger partial charge in [-0.15, -0.1) is 0 Å². The van der Waals surface area contributed by atoms with Crippen LogP contribution in [0.2, 0.25) is 0 Å². The van der Waals surface area contributed by atoms with E-state index in [9.17, 15) is 4.79 Å². The van der Waals surface area contributed by atoms with Gasteiger partial charge in [0.1, 0.15) is 0 Å². The minimum atomic E-state index is -0.204. The maximum Gasteiger partial charge on any atom is 0.311 e. The van der Waals surface area contributed by atoms with Gasteiger partial charge in [-0.2, -0.15) is 0 Å². The van der Waals surface area contributed by atoms with Crippen LogP contribution in [0.5, 0.6) is 0 Å². The van der Waals surface area contributed by atoms with Gasteiger partial charge in [-0.3, -0.25) is 9.69 Å². The third-order valence-electron chi connectivity index (χ3n) is 3.21. The molecule has 0 amide bonds. The summed E-state index contributed by atoms with van der Waals surface area (Å²) in [7, 11) is 3.38. The van der Waals surface area contributed by atoms with E-state index in [1.807, 2.05) is 20.9 Å². The first-order valence-electron chi connectivity index (χ1n) is 4.46. The molecular formula is C9H18N2O2. The lowest BCUT2D eigenvalue weighted by Gasteiger charge is -2.31. The quantitative estimate of drug-likeness (QED) is 0.577. The van der Waals surface area contributed by atoms with E-state index in [1.165, 1.54) is 7.11 Å². The van der Waals surface area contributed by atoms with Crippen LogP contribution in [-0.4, -0.2) is 43.2 Å². The maximum absolute atomic E-state index is 11.3. The Hall–Kier alpha value is -0.610. The summed E-state index contributed by atoms with van der Waals surface area (Å²) in [4.78, 5) is 13.4. The summed E-state index contributed by atoms with van der Waals surface area (Å²) < 4.78 is 4.70. The number of esters is 1. The molecule has 1 rings (SSSR count). The van der Waals surface area contributed by atoms with Crippen LogP contribution in [0, 0.1) is 5.92 Å². The molecule has 0 aromatic heterocycles. The number of ether oxygens (including phenoxy) is 1. The number of methoxy groups -OCH3 is 1. The summed E-state index contributed by atoms with van der Waals surface area (Å²) in [5.74, 6) is -0.394. The molecule has 0 radical (unpaired) electrons. The van der Waals surface area contributed by atoms with Gasteiger partial charge in [0.2, 0.25) is 0 Å². The number of likely N-dealkylation sites (tertiary alicyclic amines) is 1. The highest BCUT2D eigenvalue weighted by molar-refractivity contribution is 5.74. The standard InChI is InChI=1S/C9H18N2O2/c1-9(2)7(10)6(5-11(9)3)8(12)13-4/h6-7H,5,10H2,1-4H3. The minimum Gasteiger partial charge on any atom is -0.469 e. The first-order chi connectivity index (χ1) is 5.91. The van der Waals surface area contributed by atoms with Crippen LogP contribution < -0.4 is 5.73 Å². The largest absolute Gasteiger partial charge is 0.469 e. The van der Waals surface area contributed by atoms with Gasteiger partial charge in [0.25, 0.3) is 0 Å². The van der Waals surface area contributed by atoms with E-state index in [4.69, 9.17) is 10.5 Å². The number of hydrogen-bond donors (Lipinski definition) is 1. The van der Waals surface area contributed by atoms with Crippen molar-refractivity contribution in [2.45, 2.75) is 25.4 Å². The van der Waals surface area contributed by atoms with Crippen LogP contribution in [-0.2, 0) is 9.53 Å². The molecule has 2 atom stereocenters.